The van der Waals surface area contributed by atoms with E-state index in [1.54, 1.807) is 43.3 Å². The number of nitrogens with one attached hydrogen (secondary N) is 1. The molecule has 0 aliphatic rings. The van der Waals surface area contributed by atoms with E-state index in [1.165, 1.54) is 4.90 Å². The summed E-state index contributed by atoms with van der Waals surface area (Å²) in [4.78, 5) is 27.6. The summed E-state index contributed by atoms with van der Waals surface area (Å²) in [5.74, 6) is -0.839. The molecule has 0 saturated carbocycles. The van der Waals surface area contributed by atoms with Gasteiger partial charge in [0.05, 0.1) is 11.9 Å². The van der Waals surface area contributed by atoms with Gasteiger partial charge in [0.25, 0.3) is 0 Å². The Morgan fingerprint density at radius 1 is 1.03 bits per heavy atom. The van der Waals surface area contributed by atoms with E-state index in [-0.39, 0.29) is 18.5 Å². The summed E-state index contributed by atoms with van der Waals surface area (Å²) in [5, 5.41) is 3.27. The molecule has 180 valence electrons. The van der Waals surface area contributed by atoms with Crippen molar-refractivity contribution in [1.82, 2.24) is 10.2 Å². The van der Waals surface area contributed by atoms with Gasteiger partial charge in [0.2, 0.25) is 21.8 Å². The molecule has 0 heterocycles. The molecule has 1 N–H and O–H groups in total. The van der Waals surface area contributed by atoms with Crippen molar-refractivity contribution in [2.45, 2.75) is 53.2 Å². The molecule has 7 nitrogen and oxygen atoms in total. The summed E-state index contributed by atoms with van der Waals surface area (Å²) >= 11 is 6.31. The molecule has 0 aliphatic heterocycles. The molecule has 0 fully saturated rings. The van der Waals surface area contributed by atoms with Crippen LogP contribution in [0.25, 0.3) is 0 Å². The van der Waals surface area contributed by atoms with Crippen LogP contribution >= 0.6 is 11.6 Å². The van der Waals surface area contributed by atoms with E-state index in [4.69, 9.17) is 11.6 Å². The van der Waals surface area contributed by atoms with Gasteiger partial charge in [-0.15, -0.1) is 0 Å². The zero-order valence-electron chi connectivity index (χ0n) is 19.9. The van der Waals surface area contributed by atoms with Crippen LogP contribution in [0.3, 0.4) is 0 Å². The second-order valence-electron chi connectivity index (χ2n) is 8.57. The lowest BCUT2D eigenvalue weighted by Crippen LogP contribution is -2.52. The highest BCUT2D eigenvalue weighted by Gasteiger charge is 2.30. The van der Waals surface area contributed by atoms with E-state index in [9.17, 15) is 18.0 Å². The Hall–Kier alpha value is -2.58. The van der Waals surface area contributed by atoms with Gasteiger partial charge in [0.15, 0.2) is 0 Å². The van der Waals surface area contributed by atoms with Crippen molar-refractivity contribution in [1.29, 1.82) is 0 Å². The Kier molecular flexibility index (Phi) is 8.91. The first kappa shape index (κ1) is 26.7. The minimum atomic E-state index is -3.77. The second-order valence-corrected chi connectivity index (χ2v) is 10.9. The number of aryl methyl sites for hydroxylation is 2. The third-order valence-corrected chi connectivity index (χ3v) is 6.58. The minimum Gasteiger partial charge on any atom is -0.352 e. The maximum atomic E-state index is 13.5. The van der Waals surface area contributed by atoms with Gasteiger partial charge in [0.1, 0.15) is 12.6 Å². The Morgan fingerprint density at radius 2 is 1.61 bits per heavy atom. The van der Waals surface area contributed by atoms with Crippen LogP contribution in [0.15, 0.2) is 42.5 Å². The highest BCUT2D eigenvalue weighted by Crippen LogP contribution is 2.23. The lowest BCUT2D eigenvalue weighted by atomic mass is 10.1. The van der Waals surface area contributed by atoms with Gasteiger partial charge < -0.3 is 10.2 Å². The Morgan fingerprint density at radius 3 is 2.12 bits per heavy atom. The third-order valence-electron chi connectivity index (χ3n) is 5.07. The molecule has 2 amide bonds. The van der Waals surface area contributed by atoms with Crippen LogP contribution in [0.2, 0.25) is 5.02 Å². The Balaban J connectivity index is 2.44. The fourth-order valence-corrected chi connectivity index (χ4v) is 4.54. The number of nitrogens with zero attached hydrogens (tertiary/aromatic N) is 2. The van der Waals surface area contributed by atoms with Gasteiger partial charge >= 0.3 is 0 Å². The molecule has 9 heteroatoms. The fourth-order valence-electron chi connectivity index (χ4n) is 3.51. The normalized spacial score (nSPS) is 12.4. The number of anilines is 1. The van der Waals surface area contributed by atoms with Crippen LogP contribution in [-0.4, -0.2) is 50.0 Å². The first-order chi connectivity index (χ1) is 15.3. The zero-order chi connectivity index (χ0) is 24.9. The van der Waals surface area contributed by atoms with Gasteiger partial charge in [-0.25, -0.2) is 8.42 Å². The van der Waals surface area contributed by atoms with Crippen molar-refractivity contribution in [3.8, 4) is 0 Å². The largest absolute Gasteiger partial charge is 0.352 e. The second kappa shape index (κ2) is 11.0. The summed E-state index contributed by atoms with van der Waals surface area (Å²) in [7, 11) is -3.77. The zero-order valence-corrected chi connectivity index (χ0v) is 21.5. The SMILES string of the molecule is Cc1cc(C)cc(N(CC(=O)N(Cc2ccccc2Cl)[C@@H](C)C(=O)NC(C)C)S(C)(=O)=O)c1. The summed E-state index contributed by atoms with van der Waals surface area (Å²) in [6, 6.07) is 11.5. The van der Waals surface area contributed by atoms with Gasteiger partial charge in [-0.1, -0.05) is 35.9 Å². The molecule has 1 atom stereocenters. The van der Waals surface area contributed by atoms with E-state index in [2.05, 4.69) is 5.32 Å². The molecule has 2 aromatic carbocycles. The quantitative estimate of drug-likeness (QED) is 0.577. The van der Waals surface area contributed by atoms with Gasteiger partial charge in [-0.05, 0) is 69.5 Å². The molecule has 0 spiro atoms. The minimum absolute atomic E-state index is 0.0651. The number of amides is 2. The molecule has 2 rings (SSSR count). The number of hydrogen-bond acceptors (Lipinski definition) is 4. The van der Waals surface area contributed by atoms with Crippen molar-refractivity contribution in [2.24, 2.45) is 0 Å². The average Bonchev–Trinajstić information content (AvgIpc) is 2.68. The molecule has 0 unspecified atom stereocenters. The third kappa shape index (κ3) is 7.47. The number of carbonyl (C=O) groups excluding carboxylic acids is 2. The molecule has 0 bridgehead atoms. The first-order valence-corrected chi connectivity index (χ1v) is 12.9. The first-order valence-electron chi connectivity index (χ1n) is 10.7. The van der Waals surface area contributed by atoms with E-state index in [0.717, 1.165) is 21.7 Å². The summed E-state index contributed by atoms with van der Waals surface area (Å²) < 4.78 is 26.3. The van der Waals surface area contributed by atoms with Gasteiger partial charge in [-0.3, -0.25) is 13.9 Å². The lowest BCUT2D eigenvalue weighted by Gasteiger charge is -2.32. The highest BCUT2D eigenvalue weighted by atomic mass is 35.5. The molecular formula is C24H32ClN3O4S. The van der Waals surface area contributed by atoms with Crippen LogP contribution < -0.4 is 9.62 Å². The van der Waals surface area contributed by atoms with Crippen LogP contribution in [0.5, 0.6) is 0 Å². The predicted octanol–water partition coefficient (Wildman–Crippen LogP) is 3.66. The van der Waals surface area contributed by atoms with Crippen LogP contribution in [0.1, 0.15) is 37.5 Å². The standard InChI is InChI=1S/C24H32ClN3O4S/c1-16(2)26-24(30)19(5)27(14-20-9-7-8-10-22(20)25)23(29)15-28(33(6,31)32)21-12-17(3)11-18(4)13-21/h7-13,16,19H,14-15H2,1-6H3,(H,26,30)/t19-/m0/s1. The van der Waals surface area contributed by atoms with Crippen molar-refractivity contribution in [3.05, 3.63) is 64.2 Å². The van der Waals surface area contributed by atoms with Crippen molar-refractivity contribution in [3.63, 3.8) is 0 Å². The molecule has 2 aromatic rings. The van der Waals surface area contributed by atoms with Crippen LogP contribution in [0, 0.1) is 13.8 Å². The fraction of sp³-hybridized carbons (Fsp3) is 0.417. The average molecular weight is 494 g/mol. The Labute approximate surface area is 201 Å². The summed E-state index contributed by atoms with van der Waals surface area (Å²) in [6.45, 7) is 8.63. The number of carbonyl (C=O) groups is 2. The predicted molar refractivity (Wildman–Crippen MR) is 133 cm³/mol. The lowest BCUT2D eigenvalue weighted by molar-refractivity contribution is -0.139. The number of hydrogen-bond donors (Lipinski definition) is 1. The topological polar surface area (TPSA) is 86.8 Å². The van der Waals surface area contributed by atoms with Gasteiger partial charge in [0, 0.05) is 17.6 Å². The van der Waals surface area contributed by atoms with E-state index < -0.39 is 28.5 Å². The van der Waals surface area contributed by atoms with E-state index >= 15 is 0 Å². The van der Waals surface area contributed by atoms with Crippen molar-refractivity contribution in [2.75, 3.05) is 17.1 Å². The van der Waals surface area contributed by atoms with Crippen LogP contribution in [0.4, 0.5) is 5.69 Å². The van der Waals surface area contributed by atoms with Crippen molar-refractivity contribution < 1.29 is 18.0 Å². The molecule has 0 radical (unpaired) electrons. The van der Waals surface area contributed by atoms with Crippen LogP contribution in [-0.2, 0) is 26.2 Å². The molecular weight excluding hydrogens is 462 g/mol. The monoisotopic (exact) mass is 493 g/mol. The molecule has 33 heavy (non-hydrogen) atoms. The molecule has 0 aromatic heterocycles. The molecule has 0 saturated heterocycles. The Bertz CT molecular complexity index is 1100. The summed E-state index contributed by atoms with van der Waals surface area (Å²) in [6.07, 6.45) is 1.06. The number of sulfonamides is 1. The van der Waals surface area contributed by atoms with E-state index in [1.807, 2.05) is 33.8 Å². The number of halogens is 1. The maximum absolute atomic E-state index is 13.5. The van der Waals surface area contributed by atoms with Crippen molar-refractivity contribution >= 4 is 39.1 Å². The highest BCUT2D eigenvalue weighted by molar-refractivity contribution is 7.92. The molecule has 0 aliphatic carbocycles. The number of benzene rings is 2. The smallest absolute Gasteiger partial charge is 0.244 e. The van der Waals surface area contributed by atoms with Gasteiger partial charge in [-0.2, -0.15) is 0 Å². The van der Waals surface area contributed by atoms with E-state index in [0.29, 0.717) is 16.3 Å². The maximum Gasteiger partial charge on any atom is 0.244 e. The number of rotatable bonds is 9. The summed E-state index contributed by atoms with van der Waals surface area (Å²) in [5.41, 5.74) is 2.82.